The summed E-state index contributed by atoms with van der Waals surface area (Å²) in [7, 11) is 7.02. The lowest BCUT2D eigenvalue weighted by atomic mass is 9.71. The number of hydrogen-bond acceptors (Lipinski definition) is 22. The minimum Gasteiger partial charge on any atom is -0.507 e. The van der Waals surface area contributed by atoms with Gasteiger partial charge in [-0.15, -0.1) is 0 Å². The highest BCUT2D eigenvalue weighted by atomic mass is 32.1. The number of carbonyl (C=O) groups is 4. The van der Waals surface area contributed by atoms with E-state index in [1.54, 1.807) is 52.1 Å². The number of methoxy groups -OCH3 is 2. The van der Waals surface area contributed by atoms with Gasteiger partial charge in [-0.1, -0.05) is 48.5 Å². The van der Waals surface area contributed by atoms with Crippen LogP contribution in [-0.2, 0) is 44.9 Å². The van der Waals surface area contributed by atoms with E-state index in [1.807, 2.05) is 83.4 Å². The Kier molecular flexibility index (Phi) is 20.0. The SMILES string of the molecule is COc1c(C)cc2c(c1O)[C@@H]1C3Cc4c(O)c(C)c5c(c4[C@H](CNC(=O)[C@@H](C)NC(=S)Nc4ccccc4)N3[C@@H](C#N)[C@H](C2)N1C)OCO5.COc1c(C)cc2c(c1O)[C@@H]1C3Cc4c(OC(C)=O)c(C)c5c(c4[C@H](CNC(=O)[C@H](C)NC(=S)N(C(C)=O)c4ccccc4)N3[C@@H](C#N)[C@H](C2)N1C)OCO5. The number of carbonyl (C=O) groups excluding carboxylic acids is 4. The Balaban J connectivity index is 0.000000186. The van der Waals surface area contributed by atoms with E-state index in [-0.39, 0.29) is 85.0 Å². The molecule has 104 heavy (non-hydrogen) atoms. The number of aryl methyl sites for hydroxylation is 2. The highest BCUT2D eigenvalue weighted by molar-refractivity contribution is 7.80. The van der Waals surface area contributed by atoms with Crippen molar-refractivity contribution in [1.29, 1.82) is 10.5 Å². The van der Waals surface area contributed by atoms with Crippen molar-refractivity contribution in [2.45, 2.75) is 154 Å². The van der Waals surface area contributed by atoms with Crippen LogP contribution in [0.25, 0.3) is 0 Å². The van der Waals surface area contributed by atoms with E-state index in [0.29, 0.717) is 116 Å². The Bertz CT molecular complexity index is 4590. The lowest BCUT2D eigenvalue weighted by molar-refractivity contribution is -0.132. The maximum absolute atomic E-state index is 13.9. The first-order valence-electron chi connectivity index (χ1n) is 34.5. The Morgan fingerprint density at radius 1 is 0.606 bits per heavy atom. The number of phenols is 3. The van der Waals surface area contributed by atoms with E-state index < -0.39 is 60.2 Å². The van der Waals surface area contributed by atoms with Crippen LogP contribution >= 0.6 is 24.4 Å². The summed E-state index contributed by atoms with van der Waals surface area (Å²) in [5.41, 5.74) is 10.2. The monoisotopic (exact) mass is 1450 g/mol. The van der Waals surface area contributed by atoms with Gasteiger partial charge < -0.3 is 75.1 Å². The molecule has 6 aromatic rings. The molecule has 0 radical (unpaired) electrons. The van der Waals surface area contributed by atoms with Crippen LogP contribution < -0.4 is 64.6 Å². The first kappa shape index (κ1) is 72.2. The standard InChI is InChI=1S/C40H44N6O8S.C36H40N6O6S/c1-19-13-24-14-27-29(16-41)46-28(33(44(27)6)31(24)34(49)35(19)51-7)15-26-32(38-37(52-18-53-38)20(2)36(26)54-23(5)48)30(46)17-42-39(50)21(3)43-40(55)45(22(4)47)25-11-9-8-10-12-25;1-17-11-20-12-23-25(14-37)42-24(29(41(23)4)27(20)31(44)32(17)46-5)13-22-28(34-33(47-16-48-34)18(2)30(22)43)26(42)15-38-35(45)19(3)39-36(49)40-21-9-7-6-8-10-21/h8-13,21,27-30,33,49H,14-15,17-18H2,1-7H3,(H,42,50)(H,43,55);6-11,19,23-26,29,43-44H,12-13,15-16H2,1-5H3,(H,38,45)(H2,39,40,49)/t21-,27-,28?,29-,30-,33-;19-,23+,24?,25+,26+,29+/m01/s1. The Labute approximate surface area is 613 Å². The number of rotatable bonds is 13. The molecule has 0 aromatic heterocycles. The quantitative estimate of drug-likeness (QED) is 0.0314. The van der Waals surface area contributed by atoms with E-state index in [9.17, 15) is 45.0 Å². The second kappa shape index (κ2) is 28.8. The van der Waals surface area contributed by atoms with Gasteiger partial charge >= 0.3 is 5.97 Å². The van der Waals surface area contributed by atoms with E-state index in [1.165, 1.54) is 25.9 Å². The molecule has 0 saturated carbocycles. The van der Waals surface area contributed by atoms with Crippen molar-refractivity contribution < 1.29 is 67.7 Å². The number of nitriles is 2. The number of phenolic OH excluding ortho intramolecular Hbond substituents is 3. The predicted octanol–water partition coefficient (Wildman–Crippen LogP) is 7.59. The number of amides is 3. The second-order valence-corrected chi connectivity index (χ2v) is 28.4. The summed E-state index contributed by atoms with van der Waals surface area (Å²) >= 11 is 11.1. The summed E-state index contributed by atoms with van der Waals surface area (Å²) in [6.07, 6.45) is 1.72. The molecule has 26 nitrogen and oxygen atoms in total. The van der Waals surface area contributed by atoms with E-state index in [0.717, 1.165) is 33.5 Å². The molecule has 0 aliphatic carbocycles. The highest BCUT2D eigenvalue weighted by Gasteiger charge is 2.59. The van der Waals surface area contributed by atoms with Crippen LogP contribution in [0.15, 0.2) is 72.8 Å². The van der Waals surface area contributed by atoms with Crippen molar-refractivity contribution in [3.8, 4) is 69.6 Å². The van der Waals surface area contributed by atoms with Gasteiger partial charge in [0.25, 0.3) is 0 Å². The number of nitrogens with one attached hydrogen (secondary N) is 5. The van der Waals surface area contributed by atoms with Crippen LogP contribution in [0.3, 0.4) is 0 Å². The van der Waals surface area contributed by atoms with Gasteiger partial charge in [0.1, 0.15) is 35.7 Å². The fraction of sp³-hybridized carbons (Fsp3) is 0.421. The number of aromatic hydroxyl groups is 3. The molecule has 4 bridgehead atoms. The van der Waals surface area contributed by atoms with Gasteiger partial charge in [0.2, 0.25) is 31.3 Å². The van der Waals surface area contributed by atoms with Crippen LogP contribution in [0.1, 0.15) is 119 Å². The largest absolute Gasteiger partial charge is 0.507 e. The second-order valence-electron chi connectivity index (χ2n) is 27.6. The molecule has 0 spiro atoms. The van der Waals surface area contributed by atoms with Crippen molar-refractivity contribution in [2.75, 3.05) is 65.2 Å². The molecule has 2 unspecified atom stereocenters. The Morgan fingerprint density at radius 3 is 1.53 bits per heavy atom. The smallest absolute Gasteiger partial charge is 0.308 e. The third kappa shape index (κ3) is 12.3. The van der Waals surface area contributed by atoms with Crippen LogP contribution in [0.5, 0.6) is 57.5 Å². The average molecular weight is 1450 g/mol. The normalized spacial score (nSPS) is 23.2. The Hall–Kier alpha value is -10.2. The zero-order chi connectivity index (χ0) is 74.2. The molecule has 2 saturated heterocycles. The molecule has 6 aromatic carbocycles. The molecule has 14 rings (SSSR count). The summed E-state index contributed by atoms with van der Waals surface area (Å²) in [4.78, 5) is 62.7. The lowest BCUT2D eigenvalue weighted by Crippen LogP contribution is -2.69. The zero-order valence-electron chi connectivity index (χ0n) is 59.8. The number of hydrogen-bond donors (Lipinski definition) is 8. The molecule has 8 aliphatic heterocycles. The molecule has 8 aliphatic rings. The third-order valence-corrected chi connectivity index (χ3v) is 22.3. The van der Waals surface area contributed by atoms with Gasteiger partial charge in [-0.25, -0.2) is 0 Å². The van der Waals surface area contributed by atoms with E-state index >= 15 is 0 Å². The summed E-state index contributed by atoms with van der Waals surface area (Å²) in [5, 5.41) is 72.6. The van der Waals surface area contributed by atoms with Crippen LogP contribution in [0.4, 0.5) is 11.4 Å². The topological polar surface area (TPSA) is 318 Å². The van der Waals surface area contributed by atoms with Crippen molar-refractivity contribution >= 4 is 69.7 Å². The minimum atomic E-state index is -0.866. The van der Waals surface area contributed by atoms with Crippen molar-refractivity contribution in [3.63, 3.8) is 0 Å². The molecule has 12 atom stereocenters. The fourth-order valence-electron chi connectivity index (χ4n) is 17.3. The first-order chi connectivity index (χ1) is 49.8. The molecule has 28 heteroatoms. The van der Waals surface area contributed by atoms with Gasteiger partial charge in [0, 0.05) is 101 Å². The number of piperazine rings is 2. The molecule has 8 N–H and O–H groups in total. The molecular formula is C76H84N12O14S2. The highest BCUT2D eigenvalue weighted by Crippen LogP contribution is 2.61. The van der Waals surface area contributed by atoms with E-state index in [4.69, 9.17) is 57.6 Å². The van der Waals surface area contributed by atoms with Crippen molar-refractivity contribution in [2.24, 2.45) is 0 Å². The number of anilines is 2. The minimum absolute atomic E-state index is 0.00253. The summed E-state index contributed by atoms with van der Waals surface area (Å²) in [5.74, 6) is 1.72. The van der Waals surface area contributed by atoms with Crippen molar-refractivity contribution in [1.82, 2.24) is 40.9 Å². The number of fused-ring (bicyclic) bond motifs is 18. The summed E-state index contributed by atoms with van der Waals surface area (Å²) in [6, 6.07) is 21.5. The predicted molar refractivity (Wildman–Crippen MR) is 391 cm³/mol. The molecule has 3 amide bonds. The lowest BCUT2D eigenvalue weighted by Gasteiger charge is -2.60. The van der Waals surface area contributed by atoms with Gasteiger partial charge in [-0.05, 0) is 152 Å². The molecular weight excluding hydrogens is 1370 g/mol. The number of nitrogens with zero attached hydrogens (tertiary/aromatic N) is 7. The fourth-order valence-corrected chi connectivity index (χ4v) is 18.0. The van der Waals surface area contributed by atoms with E-state index in [2.05, 4.69) is 58.3 Å². The maximum Gasteiger partial charge on any atom is 0.308 e. The third-order valence-electron chi connectivity index (χ3n) is 21.8. The summed E-state index contributed by atoms with van der Waals surface area (Å²) < 4.78 is 41.2. The number of ether oxygens (including phenoxy) is 7. The van der Waals surface area contributed by atoms with Gasteiger partial charge in [0.15, 0.2) is 56.2 Å². The van der Waals surface area contributed by atoms with Crippen LogP contribution in [0, 0.1) is 50.4 Å². The average Bonchev–Trinajstić information content (AvgIpc) is 1.01. The van der Waals surface area contributed by atoms with Gasteiger partial charge in [-0.3, -0.25) is 43.7 Å². The summed E-state index contributed by atoms with van der Waals surface area (Å²) in [6.45, 7) is 13.6. The first-order valence-corrected chi connectivity index (χ1v) is 35.3. The van der Waals surface area contributed by atoms with Crippen LogP contribution in [-0.4, -0.2) is 172 Å². The molecule has 544 valence electrons. The molecule has 8 heterocycles. The zero-order valence-corrected chi connectivity index (χ0v) is 61.4. The van der Waals surface area contributed by atoms with Crippen molar-refractivity contribution in [3.05, 3.63) is 140 Å². The number of thiocarbonyl (C=S) groups is 2. The number of esters is 1. The maximum atomic E-state index is 13.9. The molecule has 2 fully saturated rings. The van der Waals surface area contributed by atoms with Gasteiger partial charge in [-0.2, -0.15) is 10.5 Å². The Morgan fingerprint density at radius 2 is 1.06 bits per heavy atom. The number of likely N-dealkylation sites (N-methyl/N-ethyl adjacent to an activating group) is 2. The number of benzene rings is 6. The number of para-hydroxylation sites is 2. The van der Waals surface area contributed by atoms with Crippen LogP contribution in [0.2, 0.25) is 0 Å². The van der Waals surface area contributed by atoms with Gasteiger partial charge in [0.05, 0.1) is 56.2 Å².